The van der Waals surface area contributed by atoms with Crippen molar-refractivity contribution in [2.24, 2.45) is 5.92 Å². The predicted molar refractivity (Wildman–Crippen MR) is 73.9 cm³/mol. The van der Waals surface area contributed by atoms with Crippen LogP contribution in [0.2, 0.25) is 0 Å². The number of aliphatic carboxylic acids is 1. The van der Waals surface area contributed by atoms with E-state index in [4.69, 9.17) is 5.11 Å². The smallest absolute Gasteiger partial charge is 0.304 e. The van der Waals surface area contributed by atoms with E-state index in [9.17, 15) is 17.4 Å². The normalized spacial score (nSPS) is 24.8. The minimum atomic E-state index is -3.19. The van der Waals surface area contributed by atoms with E-state index >= 15 is 0 Å². The van der Waals surface area contributed by atoms with Crippen molar-refractivity contribution in [2.45, 2.75) is 31.4 Å². The van der Waals surface area contributed by atoms with Gasteiger partial charge in [0, 0.05) is 34.9 Å². The maximum Gasteiger partial charge on any atom is 0.304 e. The zero-order valence-electron chi connectivity index (χ0n) is 11.2. The van der Waals surface area contributed by atoms with Crippen molar-refractivity contribution >= 4 is 26.8 Å². The Kier molecular flexibility index (Phi) is 5.94. The van der Waals surface area contributed by atoms with Gasteiger partial charge in [-0.05, 0) is 18.8 Å². The summed E-state index contributed by atoms with van der Waals surface area (Å²) in [5.74, 6) is -0.525. The predicted octanol–water partition coefficient (Wildman–Crippen LogP) is 0.270. The fraction of sp³-hybridized carbons (Fsp3) is 0.909. The summed E-state index contributed by atoms with van der Waals surface area (Å²) in [7, 11) is -4.42. The molecule has 1 aliphatic heterocycles. The van der Waals surface area contributed by atoms with Crippen LogP contribution in [0.1, 0.15) is 26.2 Å². The first-order valence-corrected chi connectivity index (χ1v) is 9.47. The summed E-state index contributed by atoms with van der Waals surface area (Å²) < 4.78 is 36.3. The molecule has 0 aliphatic carbocycles. The summed E-state index contributed by atoms with van der Waals surface area (Å²) in [5, 5.41) is 8.27. The molecule has 0 radical (unpaired) electrons. The highest BCUT2D eigenvalue weighted by Crippen LogP contribution is 2.20. The molecule has 0 aromatic heterocycles. The van der Waals surface area contributed by atoms with E-state index in [2.05, 4.69) is 0 Å². The van der Waals surface area contributed by atoms with E-state index in [0.717, 1.165) is 12.8 Å². The fourth-order valence-corrected chi connectivity index (χ4v) is 4.54. The van der Waals surface area contributed by atoms with E-state index in [0.29, 0.717) is 18.8 Å². The molecule has 1 rings (SSSR count). The third-order valence-electron chi connectivity index (χ3n) is 3.26. The second-order valence-corrected chi connectivity index (χ2v) is 8.97. The van der Waals surface area contributed by atoms with Gasteiger partial charge in [-0.15, -0.1) is 0 Å². The summed E-state index contributed by atoms with van der Waals surface area (Å²) in [6.45, 7) is 2.57. The molecule has 0 bridgehead atoms. The van der Waals surface area contributed by atoms with Gasteiger partial charge in [-0.3, -0.25) is 9.00 Å². The average molecular weight is 311 g/mol. The summed E-state index contributed by atoms with van der Waals surface area (Å²) >= 11 is 0. The van der Waals surface area contributed by atoms with Gasteiger partial charge in [0.1, 0.15) is 0 Å². The minimum absolute atomic E-state index is 0.0561. The molecule has 0 aromatic rings. The van der Waals surface area contributed by atoms with Crippen LogP contribution in [0.3, 0.4) is 0 Å². The number of carboxylic acids is 1. The molecule has 8 heteroatoms. The zero-order valence-corrected chi connectivity index (χ0v) is 12.9. The van der Waals surface area contributed by atoms with Crippen LogP contribution in [0.5, 0.6) is 0 Å². The topological polar surface area (TPSA) is 91.8 Å². The first-order valence-electron chi connectivity index (χ1n) is 6.24. The molecule has 112 valence electrons. The molecular formula is C11H21NO5S2. The molecule has 1 fully saturated rings. The van der Waals surface area contributed by atoms with Crippen molar-refractivity contribution in [3.05, 3.63) is 0 Å². The molecule has 0 saturated carbocycles. The van der Waals surface area contributed by atoms with Crippen LogP contribution in [0.15, 0.2) is 0 Å². The lowest BCUT2D eigenvalue weighted by Crippen LogP contribution is -2.41. The molecule has 3 atom stereocenters. The van der Waals surface area contributed by atoms with Gasteiger partial charge in [-0.25, -0.2) is 12.7 Å². The molecule has 6 nitrogen and oxygen atoms in total. The van der Waals surface area contributed by atoms with E-state index < -0.39 is 32.0 Å². The number of rotatable bonds is 6. The summed E-state index contributed by atoms with van der Waals surface area (Å²) in [6.07, 6.45) is 2.67. The Balaban J connectivity index is 2.53. The Bertz CT molecular complexity index is 448. The summed E-state index contributed by atoms with van der Waals surface area (Å²) in [6, 6.07) is 0. The second-order valence-electron chi connectivity index (χ2n) is 5.09. The number of hydrogen-bond acceptors (Lipinski definition) is 4. The van der Waals surface area contributed by atoms with Crippen molar-refractivity contribution in [1.29, 1.82) is 0 Å². The summed E-state index contributed by atoms with van der Waals surface area (Å²) in [5.41, 5.74) is 0. The van der Waals surface area contributed by atoms with Gasteiger partial charge in [0.05, 0.1) is 12.7 Å². The summed E-state index contributed by atoms with van der Waals surface area (Å²) in [4.78, 5) is 10.6. The molecule has 0 aromatic carbocycles. The Labute approximate surface area is 116 Å². The highest BCUT2D eigenvalue weighted by Gasteiger charge is 2.28. The largest absolute Gasteiger partial charge is 0.481 e. The number of carboxylic acid groups (broad SMARTS) is 1. The standard InChI is InChI=1S/C11H21NO5S2/c1-9(6-11(13)14)18(15)8-10-4-3-5-12(7-10)19(2,16)17/h9-10H,3-8H2,1-2H3,(H,13,14). The third kappa shape index (κ3) is 5.58. The number of carbonyl (C=O) groups is 1. The van der Waals surface area contributed by atoms with Crippen LogP contribution in [-0.4, -0.2) is 58.4 Å². The molecule has 1 heterocycles. The highest BCUT2D eigenvalue weighted by molar-refractivity contribution is 7.88. The number of piperidine rings is 1. The fourth-order valence-electron chi connectivity index (χ4n) is 2.20. The SMILES string of the molecule is CC(CC(=O)O)S(=O)CC1CCCN(S(C)(=O)=O)C1. The van der Waals surface area contributed by atoms with Crippen LogP contribution in [-0.2, 0) is 25.6 Å². The molecule has 1 N–H and O–H groups in total. The van der Waals surface area contributed by atoms with Crippen LogP contribution < -0.4 is 0 Å². The lowest BCUT2D eigenvalue weighted by molar-refractivity contribution is -0.136. The van der Waals surface area contributed by atoms with Crippen LogP contribution in [0.25, 0.3) is 0 Å². The number of nitrogens with zero attached hydrogens (tertiary/aromatic N) is 1. The molecule has 3 unspecified atom stereocenters. The van der Waals surface area contributed by atoms with Gasteiger partial charge in [0.25, 0.3) is 0 Å². The van der Waals surface area contributed by atoms with Gasteiger partial charge >= 0.3 is 5.97 Å². The van der Waals surface area contributed by atoms with E-state index in [1.165, 1.54) is 10.6 Å². The molecule has 0 spiro atoms. The van der Waals surface area contributed by atoms with E-state index in [1.54, 1.807) is 6.92 Å². The highest BCUT2D eigenvalue weighted by atomic mass is 32.2. The Morgan fingerprint density at radius 3 is 2.68 bits per heavy atom. The Morgan fingerprint density at radius 2 is 2.16 bits per heavy atom. The third-order valence-corrected chi connectivity index (χ3v) is 6.40. The lowest BCUT2D eigenvalue weighted by atomic mass is 10.0. The molecular weight excluding hydrogens is 290 g/mol. The van der Waals surface area contributed by atoms with Crippen molar-refractivity contribution in [3.63, 3.8) is 0 Å². The molecule has 1 aliphatic rings. The van der Waals surface area contributed by atoms with Gasteiger partial charge in [-0.1, -0.05) is 6.92 Å². The Hall–Kier alpha value is -0.470. The van der Waals surface area contributed by atoms with E-state index in [1.807, 2.05) is 0 Å². The first kappa shape index (κ1) is 16.6. The lowest BCUT2D eigenvalue weighted by Gasteiger charge is -2.31. The number of hydrogen-bond donors (Lipinski definition) is 1. The van der Waals surface area contributed by atoms with Crippen molar-refractivity contribution in [2.75, 3.05) is 25.1 Å². The van der Waals surface area contributed by atoms with Gasteiger partial charge in [-0.2, -0.15) is 0 Å². The zero-order chi connectivity index (χ0) is 14.6. The maximum absolute atomic E-state index is 12.0. The average Bonchev–Trinajstić information content (AvgIpc) is 2.27. The molecule has 19 heavy (non-hydrogen) atoms. The van der Waals surface area contributed by atoms with Crippen molar-refractivity contribution < 1.29 is 22.5 Å². The molecule has 1 saturated heterocycles. The van der Waals surface area contributed by atoms with Crippen LogP contribution in [0.4, 0.5) is 0 Å². The first-order chi connectivity index (χ1) is 8.70. The van der Waals surface area contributed by atoms with Crippen LogP contribution >= 0.6 is 0 Å². The van der Waals surface area contributed by atoms with Gasteiger partial charge < -0.3 is 5.11 Å². The maximum atomic E-state index is 12.0. The second kappa shape index (κ2) is 6.81. The molecule has 0 amide bonds. The minimum Gasteiger partial charge on any atom is -0.481 e. The quantitative estimate of drug-likeness (QED) is 0.760. The van der Waals surface area contributed by atoms with Gasteiger partial charge in [0.15, 0.2) is 0 Å². The van der Waals surface area contributed by atoms with Crippen LogP contribution in [0, 0.1) is 5.92 Å². The van der Waals surface area contributed by atoms with Crippen molar-refractivity contribution in [1.82, 2.24) is 4.31 Å². The monoisotopic (exact) mass is 311 g/mol. The Morgan fingerprint density at radius 1 is 1.53 bits per heavy atom. The van der Waals surface area contributed by atoms with E-state index in [-0.39, 0.29) is 12.3 Å². The number of sulfonamides is 1. The van der Waals surface area contributed by atoms with Crippen molar-refractivity contribution in [3.8, 4) is 0 Å². The van der Waals surface area contributed by atoms with Gasteiger partial charge in [0.2, 0.25) is 10.0 Å².